The fourth-order valence-corrected chi connectivity index (χ4v) is 4.03. The van der Waals surface area contributed by atoms with Gasteiger partial charge in [-0.15, -0.1) is 0 Å². The van der Waals surface area contributed by atoms with Crippen molar-refractivity contribution in [2.24, 2.45) is 0 Å². The van der Waals surface area contributed by atoms with E-state index in [1.165, 1.54) is 0 Å². The molecule has 31 heavy (non-hydrogen) atoms. The summed E-state index contributed by atoms with van der Waals surface area (Å²) in [6, 6.07) is 8.65. The van der Waals surface area contributed by atoms with Gasteiger partial charge in [-0.05, 0) is 64.0 Å². The van der Waals surface area contributed by atoms with Gasteiger partial charge >= 0.3 is 0 Å². The van der Waals surface area contributed by atoms with E-state index in [0.29, 0.717) is 34.9 Å². The molecule has 8 heteroatoms. The van der Waals surface area contributed by atoms with Crippen LogP contribution < -0.4 is 16.4 Å². The van der Waals surface area contributed by atoms with E-state index in [-0.39, 0.29) is 0 Å². The third kappa shape index (κ3) is 3.98. The lowest BCUT2D eigenvalue weighted by molar-refractivity contribution is 0.343. The number of pyridine rings is 1. The second kappa shape index (κ2) is 8.03. The molecular weight excluding hydrogens is 390 g/mol. The molecule has 160 valence electrons. The van der Waals surface area contributed by atoms with Crippen LogP contribution in [0.5, 0.6) is 0 Å². The van der Waals surface area contributed by atoms with Crippen LogP contribution in [0.2, 0.25) is 0 Å². The zero-order chi connectivity index (χ0) is 21.4. The molecule has 5 rings (SSSR count). The highest BCUT2D eigenvalue weighted by Crippen LogP contribution is 2.32. The molecule has 0 bridgehead atoms. The number of fused-ring (bicyclic) bond motifs is 1. The van der Waals surface area contributed by atoms with Crippen LogP contribution in [0.4, 0.5) is 11.5 Å². The molecule has 4 N–H and O–H groups in total. The van der Waals surface area contributed by atoms with Crippen LogP contribution in [-0.2, 0) is 0 Å². The molecule has 0 amide bonds. The van der Waals surface area contributed by atoms with Crippen molar-refractivity contribution in [1.29, 1.82) is 0 Å². The Hall–Kier alpha value is -3.39. The van der Waals surface area contributed by atoms with E-state index in [9.17, 15) is 0 Å². The summed E-state index contributed by atoms with van der Waals surface area (Å²) in [7, 11) is 0. The molecule has 0 radical (unpaired) electrons. The molecule has 1 aliphatic heterocycles. The highest BCUT2D eigenvalue weighted by Gasteiger charge is 2.18. The summed E-state index contributed by atoms with van der Waals surface area (Å²) >= 11 is 0. The second-order valence-corrected chi connectivity index (χ2v) is 8.35. The van der Waals surface area contributed by atoms with E-state index in [1.807, 2.05) is 30.5 Å². The molecule has 4 heterocycles. The van der Waals surface area contributed by atoms with Gasteiger partial charge in [0.2, 0.25) is 5.89 Å². The van der Waals surface area contributed by atoms with Gasteiger partial charge in [0.25, 0.3) is 0 Å². The van der Waals surface area contributed by atoms with Crippen LogP contribution in [0.1, 0.15) is 32.7 Å². The van der Waals surface area contributed by atoms with Crippen LogP contribution in [0.25, 0.3) is 33.7 Å². The van der Waals surface area contributed by atoms with Crippen LogP contribution in [-0.4, -0.2) is 38.9 Å². The van der Waals surface area contributed by atoms with Crippen molar-refractivity contribution in [2.45, 2.75) is 38.8 Å². The molecule has 0 unspecified atom stereocenters. The maximum Gasteiger partial charge on any atom is 0.231 e. The number of hydrogen-bond donors (Lipinski definition) is 3. The number of aromatic nitrogens is 4. The van der Waals surface area contributed by atoms with Gasteiger partial charge in [-0.25, -0.2) is 9.97 Å². The number of hydrogen-bond acceptors (Lipinski definition) is 7. The van der Waals surface area contributed by atoms with Crippen molar-refractivity contribution >= 4 is 22.6 Å². The normalized spacial score (nSPS) is 15.1. The number of nitrogens with one attached hydrogen (secondary N) is 2. The Morgan fingerprint density at radius 1 is 1.16 bits per heavy atom. The van der Waals surface area contributed by atoms with E-state index >= 15 is 0 Å². The second-order valence-electron chi connectivity index (χ2n) is 8.35. The van der Waals surface area contributed by atoms with Crippen molar-refractivity contribution < 1.29 is 4.42 Å². The smallest absolute Gasteiger partial charge is 0.231 e. The van der Waals surface area contributed by atoms with E-state index in [2.05, 4.69) is 50.4 Å². The summed E-state index contributed by atoms with van der Waals surface area (Å²) in [5, 5.41) is 11.4. The Balaban J connectivity index is 1.47. The average Bonchev–Trinajstić information content (AvgIpc) is 3.41. The van der Waals surface area contributed by atoms with Crippen molar-refractivity contribution in [3.05, 3.63) is 42.9 Å². The highest BCUT2D eigenvalue weighted by atomic mass is 16.3. The molecule has 1 aromatic carbocycles. The Labute approximate surface area is 180 Å². The zero-order valence-electron chi connectivity index (χ0n) is 17.8. The van der Waals surface area contributed by atoms with Crippen LogP contribution >= 0.6 is 0 Å². The molecule has 0 atom stereocenters. The summed E-state index contributed by atoms with van der Waals surface area (Å²) in [6.07, 6.45) is 7.92. The standard InChI is InChI=1S/C23H27N7O/c1-14(2)28-17-3-4-21-20(10-17)29-23(31-21)19-9-15(11-26-22(19)24)16-12-27-30(13-16)18-5-7-25-8-6-18/h3-4,9-14,18,25,28H,5-8H2,1-2H3,(H2,24,26). The molecule has 8 nitrogen and oxygen atoms in total. The fraction of sp³-hybridized carbons (Fsp3) is 0.348. The van der Waals surface area contributed by atoms with Gasteiger partial charge in [-0.2, -0.15) is 5.10 Å². The summed E-state index contributed by atoms with van der Waals surface area (Å²) in [6.45, 7) is 6.26. The number of piperidine rings is 1. The number of nitrogens with two attached hydrogens (primary N) is 1. The number of oxazole rings is 1. The Bertz CT molecular complexity index is 1200. The molecule has 0 spiro atoms. The van der Waals surface area contributed by atoms with Crippen molar-refractivity contribution in [2.75, 3.05) is 24.1 Å². The molecule has 1 aliphatic rings. The zero-order valence-corrected chi connectivity index (χ0v) is 17.8. The molecular formula is C23H27N7O. The summed E-state index contributed by atoms with van der Waals surface area (Å²) in [5.74, 6) is 0.857. The topological polar surface area (TPSA) is 107 Å². The van der Waals surface area contributed by atoms with Gasteiger partial charge in [-0.1, -0.05) is 0 Å². The Morgan fingerprint density at radius 3 is 2.81 bits per heavy atom. The first-order valence-corrected chi connectivity index (χ1v) is 10.7. The average molecular weight is 418 g/mol. The van der Waals surface area contributed by atoms with Gasteiger partial charge in [0.15, 0.2) is 5.58 Å². The molecule has 1 fully saturated rings. The number of anilines is 2. The van der Waals surface area contributed by atoms with Gasteiger partial charge < -0.3 is 20.8 Å². The van der Waals surface area contributed by atoms with Crippen molar-refractivity contribution in [3.63, 3.8) is 0 Å². The molecule has 0 saturated carbocycles. The third-order valence-corrected chi connectivity index (χ3v) is 5.61. The lowest BCUT2D eigenvalue weighted by Crippen LogP contribution is -2.29. The van der Waals surface area contributed by atoms with E-state index in [4.69, 9.17) is 10.2 Å². The lowest BCUT2D eigenvalue weighted by atomic mass is 10.1. The minimum absolute atomic E-state index is 0.339. The number of rotatable bonds is 5. The number of nitrogens with zero attached hydrogens (tertiary/aromatic N) is 4. The Morgan fingerprint density at radius 2 is 2.00 bits per heavy atom. The minimum atomic E-state index is 0.339. The van der Waals surface area contributed by atoms with Gasteiger partial charge in [0.1, 0.15) is 11.3 Å². The first-order chi connectivity index (χ1) is 15.1. The first-order valence-electron chi connectivity index (χ1n) is 10.7. The predicted molar refractivity (Wildman–Crippen MR) is 123 cm³/mol. The van der Waals surface area contributed by atoms with Crippen LogP contribution in [0, 0.1) is 0 Å². The van der Waals surface area contributed by atoms with E-state index in [1.54, 1.807) is 6.20 Å². The summed E-state index contributed by atoms with van der Waals surface area (Å²) in [4.78, 5) is 9.07. The quantitative estimate of drug-likeness (QED) is 0.449. The van der Waals surface area contributed by atoms with Crippen molar-refractivity contribution in [1.82, 2.24) is 25.1 Å². The van der Waals surface area contributed by atoms with E-state index < -0.39 is 0 Å². The minimum Gasteiger partial charge on any atom is -0.436 e. The molecule has 1 saturated heterocycles. The Kier molecular flexibility index (Phi) is 5.07. The maximum absolute atomic E-state index is 6.19. The maximum atomic E-state index is 6.19. The predicted octanol–water partition coefficient (Wildman–Crippen LogP) is 4.08. The molecule has 3 aromatic heterocycles. The van der Waals surface area contributed by atoms with Crippen molar-refractivity contribution in [3.8, 4) is 22.6 Å². The third-order valence-electron chi connectivity index (χ3n) is 5.61. The van der Waals surface area contributed by atoms with Crippen LogP contribution in [0.15, 0.2) is 47.3 Å². The monoisotopic (exact) mass is 417 g/mol. The van der Waals surface area contributed by atoms with E-state index in [0.717, 1.165) is 48.3 Å². The SMILES string of the molecule is CC(C)Nc1ccc2oc(-c3cc(-c4cnn(C5CCNCC5)c4)cnc3N)nc2c1. The first kappa shape index (κ1) is 19.6. The van der Waals surface area contributed by atoms with Gasteiger partial charge in [-0.3, -0.25) is 4.68 Å². The van der Waals surface area contributed by atoms with Gasteiger partial charge in [0, 0.05) is 35.2 Å². The summed E-state index contributed by atoms with van der Waals surface area (Å²) in [5.41, 5.74) is 11.3. The summed E-state index contributed by atoms with van der Waals surface area (Å²) < 4.78 is 8.06. The van der Waals surface area contributed by atoms with Gasteiger partial charge in [0.05, 0.1) is 17.8 Å². The molecule has 4 aromatic rings. The largest absolute Gasteiger partial charge is 0.436 e. The lowest BCUT2D eigenvalue weighted by Gasteiger charge is -2.22. The molecule has 0 aliphatic carbocycles. The number of nitrogen functional groups attached to an aromatic ring is 1. The number of benzene rings is 1. The fourth-order valence-electron chi connectivity index (χ4n) is 4.03. The van der Waals surface area contributed by atoms with Crippen LogP contribution in [0.3, 0.4) is 0 Å². The highest BCUT2D eigenvalue weighted by molar-refractivity contribution is 5.83.